The SMILES string of the molecule is CN[C@@H]1[C@@H](O)[C@@H](O[C@H]2[C@H](NC(=O)C3(O)CC3NC(=N)N)C[C@H](N)C([C@H]3OC(CN)=CC[C@H]3NCCCN)[C@@H]2O)OC[C@]1(C)O. The smallest absolute Gasteiger partial charge is 0.254 e. The first-order valence-corrected chi connectivity index (χ1v) is 15.2. The summed E-state index contributed by atoms with van der Waals surface area (Å²) in [5.74, 6) is -1.29. The highest BCUT2D eigenvalue weighted by Crippen LogP contribution is 2.39. The van der Waals surface area contributed by atoms with Crippen LogP contribution < -0.4 is 44.2 Å². The van der Waals surface area contributed by atoms with Crippen LogP contribution in [0.4, 0.5) is 0 Å². The highest BCUT2D eigenvalue weighted by atomic mass is 16.7. The maximum Gasteiger partial charge on any atom is 0.254 e. The van der Waals surface area contributed by atoms with Crippen LogP contribution in [0.2, 0.25) is 0 Å². The molecule has 4 rings (SSSR count). The molecule has 1 saturated heterocycles. The molecule has 17 N–H and O–H groups in total. The van der Waals surface area contributed by atoms with Gasteiger partial charge in [-0.05, 0) is 52.4 Å². The van der Waals surface area contributed by atoms with Crippen LogP contribution in [0.1, 0.15) is 32.6 Å². The Labute approximate surface area is 256 Å². The maximum atomic E-state index is 13.3. The van der Waals surface area contributed by atoms with Gasteiger partial charge in [0.2, 0.25) is 0 Å². The summed E-state index contributed by atoms with van der Waals surface area (Å²) in [5, 5.41) is 63.7. The highest BCUT2D eigenvalue weighted by Gasteiger charge is 2.61. The van der Waals surface area contributed by atoms with Crippen molar-refractivity contribution >= 4 is 11.9 Å². The third-order valence-corrected chi connectivity index (χ3v) is 9.20. The molecular weight excluding hydrogens is 578 g/mol. The molecule has 17 heteroatoms. The quantitative estimate of drug-likeness (QED) is 0.0544. The highest BCUT2D eigenvalue weighted by molar-refractivity contribution is 5.91. The number of amides is 1. The average molecular weight is 630 g/mol. The third kappa shape index (κ3) is 7.28. The second-order valence-corrected chi connectivity index (χ2v) is 12.6. The summed E-state index contributed by atoms with van der Waals surface area (Å²) in [6.07, 6.45) is -2.43. The van der Waals surface area contributed by atoms with Crippen molar-refractivity contribution in [2.24, 2.45) is 28.9 Å². The first-order valence-electron chi connectivity index (χ1n) is 15.2. The number of nitrogens with one attached hydrogen (secondary N) is 5. The van der Waals surface area contributed by atoms with Gasteiger partial charge in [0.05, 0.1) is 37.4 Å². The van der Waals surface area contributed by atoms with Crippen LogP contribution in [-0.2, 0) is 19.0 Å². The Bertz CT molecular complexity index is 1050. The molecule has 0 radical (unpaired) electrons. The Kier molecular flexibility index (Phi) is 11.1. The molecule has 44 heavy (non-hydrogen) atoms. The molecule has 3 unspecified atom stereocenters. The molecule has 3 fully saturated rings. The van der Waals surface area contributed by atoms with Crippen LogP contribution in [0.15, 0.2) is 11.8 Å². The molecule has 4 aliphatic rings. The zero-order valence-electron chi connectivity index (χ0n) is 25.3. The van der Waals surface area contributed by atoms with Gasteiger partial charge in [-0.2, -0.15) is 0 Å². The summed E-state index contributed by atoms with van der Waals surface area (Å²) >= 11 is 0. The Morgan fingerprint density at radius 1 is 1.20 bits per heavy atom. The second-order valence-electron chi connectivity index (χ2n) is 12.6. The van der Waals surface area contributed by atoms with E-state index >= 15 is 0 Å². The number of hydrogen-bond donors (Lipinski definition) is 13. The number of aliphatic hydroxyl groups excluding tert-OH is 2. The van der Waals surface area contributed by atoms with Crippen molar-refractivity contribution in [3.05, 3.63) is 11.8 Å². The van der Waals surface area contributed by atoms with Crippen LogP contribution in [0.5, 0.6) is 0 Å². The topological polar surface area (TPSA) is 302 Å². The minimum absolute atomic E-state index is 0.0253. The minimum atomic E-state index is -1.83. The summed E-state index contributed by atoms with van der Waals surface area (Å²) in [4.78, 5) is 13.3. The molecule has 2 aliphatic heterocycles. The van der Waals surface area contributed by atoms with Gasteiger partial charge in [0.1, 0.15) is 29.7 Å². The van der Waals surface area contributed by atoms with Gasteiger partial charge in [-0.3, -0.25) is 10.2 Å². The summed E-state index contributed by atoms with van der Waals surface area (Å²) in [7, 11) is 1.58. The van der Waals surface area contributed by atoms with Gasteiger partial charge in [-0.25, -0.2) is 0 Å². The van der Waals surface area contributed by atoms with E-state index in [1.807, 2.05) is 6.08 Å². The van der Waals surface area contributed by atoms with Crippen molar-refractivity contribution in [1.29, 1.82) is 5.41 Å². The van der Waals surface area contributed by atoms with Crippen LogP contribution >= 0.6 is 0 Å². The number of ether oxygens (including phenoxy) is 3. The van der Waals surface area contributed by atoms with Crippen LogP contribution in [-0.4, -0.2) is 138 Å². The summed E-state index contributed by atoms with van der Waals surface area (Å²) in [6.45, 7) is 2.61. The normalized spacial score (nSPS) is 43.8. The van der Waals surface area contributed by atoms with Crippen LogP contribution in [0, 0.1) is 11.3 Å². The average Bonchev–Trinajstić information content (AvgIpc) is 3.61. The largest absolute Gasteiger partial charge is 0.492 e. The number of guanidine groups is 1. The van der Waals surface area contributed by atoms with Gasteiger partial charge < -0.3 is 78.8 Å². The van der Waals surface area contributed by atoms with Gasteiger partial charge in [0.25, 0.3) is 5.91 Å². The maximum absolute atomic E-state index is 13.3. The van der Waals surface area contributed by atoms with Crippen molar-refractivity contribution in [3.8, 4) is 0 Å². The van der Waals surface area contributed by atoms with Crippen molar-refractivity contribution in [2.45, 2.75) is 105 Å². The molecule has 0 aromatic carbocycles. The predicted octanol–water partition coefficient (Wildman–Crippen LogP) is -5.45. The fraction of sp³-hybridized carbons (Fsp3) is 0.852. The lowest BCUT2D eigenvalue weighted by molar-refractivity contribution is -0.297. The molecule has 2 saturated carbocycles. The van der Waals surface area contributed by atoms with E-state index in [1.54, 1.807) is 7.05 Å². The van der Waals surface area contributed by atoms with Gasteiger partial charge >= 0.3 is 0 Å². The zero-order chi connectivity index (χ0) is 32.4. The lowest BCUT2D eigenvalue weighted by Gasteiger charge is -2.51. The Morgan fingerprint density at radius 2 is 1.93 bits per heavy atom. The van der Waals surface area contributed by atoms with Crippen molar-refractivity contribution in [3.63, 3.8) is 0 Å². The Balaban J connectivity index is 1.60. The van der Waals surface area contributed by atoms with E-state index in [4.69, 9.17) is 42.6 Å². The summed E-state index contributed by atoms with van der Waals surface area (Å²) in [6, 6.07) is -3.43. The monoisotopic (exact) mass is 629 g/mol. The number of rotatable bonds is 12. The van der Waals surface area contributed by atoms with Crippen molar-refractivity contribution < 1.29 is 39.4 Å². The van der Waals surface area contributed by atoms with E-state index in [1.165, 1.54) is 6.92 Å². The number of likely N-dealkylation sites (N-methyl/N-ethyl adjacent to an activating group) is 1. The molecular formula is C27H51N9O8. The number of hydrogen-bond acceptors (Lipinski definition) is 14. The molecule has 13 atom stereocenters. The van der Waals surface area contributed by atoms with E-state index < -0.39 is 77.9 Å². The standard InChI is InChI=1S/C27H51N9O8/c1-26(40)11-42-23(19(38)22(26)33-2)44-21-15(35-24(39)27(41)9-16(27)36-25(31)32)8-13(30)17(18(21)37)20-14(34-7-3-6-28)5-4-12(10-29)43-20/h4,13-23,33-34,37-38,40-41H,3,5-11,28-30H2,1-2H3,(H,35,39)(H4,31,32,36)/t13-,14+,15+,16?,17?,18-,19+,20-,21-,22+,23+,26-,27?/m0/s1. The molecule has 2 aliphatic carbocycles. The van der Waals surface area contributed by atoms with E-state index in [0.717, 1.165) is 6.42 Å². The van der Waals surface area contributed by atoms with Crippen LogP contribution in [0.3, 0.4) is 0 Å². The van der Waals surface area contributed by atoms with Gasteiger partial charge in [-0.1, -0.05) is 0 Å². The Morgan fingerprint density at radius 3 is 2.57 bits per heavy atom. The number of carbonyl (C=O) groups is 1. The van der Waals surface area contributed by atoms with E-state index in [2.05, 4.69) is 21.3 Å². The zero-order valence-corrected chi connectivity index (χ0v) is 25.3. The van der Waals surface area contributed by atoms with Crippen molar-refractivity contribution in [1.82, 2.24) is 21.3 Å². The Hall–Kier alpha value is -2.16. The first-order chi connectivity index (χ1) is 20.8. The van der Waals surface area contributed by atoms with Gasteiger partial charge in [0.15, 0.2) is 17.9 Å². The molecule has 1 amide bonds. The van der Waals surface area contributed by atoms with Gasteiger partial charge in [0, 0.05) is 24.4 Å². The molecule has 252 valence electrons. The fourth-order valence-electron chi connectivity index (χ4n) is 6.69. The van der Waals surface area contributed by atoms with Gasteiger partial charge in [-0.15, -0.1) is 0 Å². The minimum Gasteiger partial charge on any atom is -0.492 e. The molecule has 0 bridgehead atoms. The summed E-state index contributed by atoms with van der Waals surface area (Å²) < 4.78 is 18.2. The number of carbonyl (C=O) groups excluding carboxylic acids is 1. The van der Waals surface area contributed by atoms with E-state index in [-0.39, 0.29) is 38.0 Å². The molecule has 0 aromatic rings. The first kappa shape index (κ1) is 34.7. The third-order valence-electron chi connectivity index (χ3n) is 9.20. The van der Waals surface area contributed by atoms with E-state index in [9.17, 15) is 25.2 Å². The van der Waals surface area contributed by atoms with Crippen molar-refractivity contribution in [2.75, 3.05) is 33.3 Å². The fourth-order valence-corrected chi connectivity index (χ4v) is 6.69. The molecule has 2 heterocycles. The molecule has 0 spiro atoms. The van der Waals surface area contributed by atoms with E-state index in [0.29, 0.717) is 25.3 Å². The molecule has 17 nitrogen and oxygen atoms in total. The number of nitrogens with two attached hydrogens (primary N) is 4. The number of aliphatic hydroxyl groups is 4. The van der Waals surface area contributed by atoms with Crippen LogP contribution in [0.25, 0.3) is 0 Å². The lowest BCUT2D eigenvalue weighted by Crippen LogP contribution is -2.70. The lowest BCUT2D eigenvalue weighted by atomic mass is 9.72. The summed E-state index contributed by atoms with van der Waals surface area (Å²) in [5.41, 5.74) is 20.4. The second kappa shape index (κ2) is 14.1. The molecule has 0 aromatic heterocycles. The predicted molar refractivity (Wildman–Crippen MR) is 159 cm³/mol.